The standard InChI is InChI=1S/C14H21FN2/c1-11(17-7-3-2-4-8-17)12-5-6-14(15)13(9-12)10-16/h5-6,9,11H,2-4,7-8,10,16H2,1H3. The number of hydrogen-bond acceptors (Lipinski definition) is 2. The van der Waals surface area contributed by atoms with Crippen molar-refractivity contribution in [3.8, 4) is 0 Å². The Morgan fingerprint density at radius 1 is 1.29 bits per heavy atom. The summed E-state index contributed by atoms with van der Waals surface area (Å²) in [6.45, 7) is 4.76. The lowest BCUT2D eigenvalue weighted by Gasteiger charge is -2.32. The maximum atomic E-state index is 13.4. The highest BCUT2D eigenvalue weighted by molar-refractivity contribution is 5.27. The number of nitrogens with two attached hydrogens (primary N) is 1. The monoisotopic (exact) mass is 236 g/mol. The molecule has 2 nitrogen and oxygen atoms in total. The molecule has 0 saturated carbocycles. The van der Waals surface area contributed by atoms with Crippen molar-refractivity contribution < 1.29 is 4.39 Å². The molecule has 2 N–H and O–H groups in total. The van der Waals surface area contributed by atoms with Crippen LogP contribution in [0.4, 0.5) is 4.39 Å². The van der Waals surface area contributed by atoms with Gasteiger partial charge in [0, 0.05) is 18.2 Å². The SMILES string of the molecule is CC(c1ccc(F)c(CN)c1)N1CCCCC1. The van der Waals surface area contributed by atoms with Crippen LogP contribution in [0.5, 0.6) is 0 Å². The van der Waals surface area contributed by atoms with E-state index in [1.807, 2.05) is 12.1 Å². The van der Waals surface area contributed by atoms with E-state index in [2.05, 4.69) is 11.8 Å². The predicted molar refractivity (Wildman–Crippen MR) is 68.1 cm³/mol. The summed E-state index contributed by atoms with van der Waals surface area (Å²) >= 11 is 0. The Balaban J connectivity index is 2.15. The number of likely N-dealkylation sites (tertiary alicyclic amines) is 1. The first-order valence-corrected chi connectivity index (χ1v) is 6.45. The highest BCUT2D eigenvalue weighted by Crippen LogP contribution is 2.25. The number of halogens is 1. The fourth-order valence-corrected chi connectivity index (χ4v) is 2.53. The van der Waals surface area contributed by atoms with Gasteiger partial charge in [0.1, 0.15) is 5.82 Å². The van der Waals surface area contributed by atoms with Gasteiger partial charge in [-0.15, -0.1) is 0 Å². The zero-order valence-electron chi connectivity index (χ0n) is 10.5. The van der Waals surface area contributed by atoms with Crippen LogP contribution >= 0.6 is 0 Å². The minimum absolute atomic E-state index is 0.193. The van der Waals surface area contributed by atoms with Gasteiger partial charge in [0.25, 0.3) is 0 Å². The van der Waals surface area contributed by atoms with Crippen molar-refractivity contribution in [1.29, 1.82) is 0 Å². The van der Waals surface area contributed by atoms with Crippen molar-refractivity contribution in [3.05, 3.63) is 35.1 Å². The van der Waals surface area contributed by atoms with Crippen molar-refractivity contribution in [2.75, 3.05) is 13.1 Å². The van der Waals surface area contributed by atoms with E-state index in [4.69, 9.17) is 5.73 Å². The van der Waals surface area contributed by atoms with Crippen LogP contribution in [0.2, 0.25) is 0 Å². The highest BCUT2D eigenvalue weighted by Gasteiger charge is 2.18. The summed E-state index contributed by atoms with van der Waals surface area (Å²) in [6.07, 6.45) is 3.88. The van der Waals surface area contributed by atoms with Crippen LogP contribution in [0.3, 0.4) is 0 Å². The number of hydrogen-bond donors (Lipinski definition) is 1. The molecule has 17 heavy (non-hydrogen) atoms. The third kappa shape index (κ3) is 2.85. The molecule has 1 heterocycles. The molecule has 0 aromatic heterocycles. The van der Waals surface area contributed by atoms with E-state index >= 15 is 0 Å². The molecule has 0 spiro atoms. The fraction of sp³-hybridized carbons (Fsp3) is 0.571. The van der Waals surface area contributed by atoms with E-state index in [0.717, 1.165) is 13.1 Å². The first kappa shape index (κ1) is 12.5. The summed E-state index contributed by atoms with van der Waals surface area (Å²) in [5.74, 6) is -0.193. The smallest absolute Gasteiger partial charge is 0.127 e. The molecule has 1 fully saturated rings. The van der Waals surface area contributed by atoms with Crippen molar-refractivity contribution in [2.24, 2.45) is 5.73 Å². The molecular weight excluding hydrogens is 215 g/mol. The lowest BCUT2D eigenvalue weighted by atomic mass is 10.0. The summed E-state index contributed by atoms with van der Waals surface area (Å²) in [7, 11) is 0. The lowest BCUT2D eigenvalue weighted by Crippen LogP contribution is -2.32. The van der Waals surface area contributed by atoms with Crippen LogP contribution in [0.1, 0.15) is 43.4 Å². The molecule has 0 radical (unpaired) electrons. The summed E-state index contributed by atoms with van der Waals surface area (Å²) < 4.78 is 13.4. The Morgan fingerprint density at radius 2 is 2.00 bits per heavy atom. The molecular formula is C14H21FN2. The lowest BCUT2D eigenvalue weighted by molar-refractivity contribution is 0.175. The molecule has 94 valence electrons. The zero-order valence-corrected chi connectivity index (χ0v) is 10.5. The van der Waals surface area contributed by atoms with Crippen LogP contribution in [0, 0.1) is 5.82 Å². The van der Waals surface area contributed by atoms with Gasteiger partial charge in [0.15, 0.2) is 0 Å². The molecule has 1 aliphatic heterocycles. The maximum Gasteiger partial charge on any atom is 0.127 e. The third-order valence-corrected chi connectivity index (χ3v) is 3.71. The van der Waals surface area contributed by atoms with Crippen LogP contribution in [0.25, 0.3) is 0 Å². The van der Waals surface area contributed by atoms with E-state index in [0.29, 0.717) is 11.6 Å². The predicted octanol–water partition coefficient (Wildman–Crippen LogP) is 2.83. The molecule has 3 heteroatoms. The van der Waals surface area contributed by atoms with Crippen LogP contribution < -0.4 is 5.73 Å². The van der Waals surface area contributed by atoms with Gasteiger partial charge in [-0.2, -0.15) is 0 Å². The maximum absolute atomic E-state index is 13.4. The molecule has 1 aliphatic rings. The molecule has 0 aliphatic carbocycles. The molecule has 1 aromatic rings. The second-order valence-electron chi connectivity index (χ2n) is 4.83. The van der Waals surface area contributed by atoms with Gasteiger partial charge in [-0.25, -0.2) is 4.39 Å². The second kappa shape index (κ2) is 5.61. The van der Waals surface area contributed by atoms with Crippen LogP contribution in [-0.2, 0) is 6.54 Å². The zero-order chi connectivity index (χ0) is 12.3. The number of nitrogens with zero attached hydrogens (tertiary/aromatic N) is 1. The van der Waals surface area contributed by atoms with Crippen molar-refractivity contribution in [1.82, 2.24) is 4.90 Å². The fourth-order valence-electron chi connectivity index (χ4n) is 2.53. The van der Waals surface area contributed by atoms with Crippen molar-refractivity contribution in [2.45, 2.75) is 38.8 Å². The first-order valence-electron chi connectivity index (χ1n) is 6.45. The second-order valence-corrected chi connectivity index (χ2v) is 4.83. The molecule has 0 bridgehead atoms. The minimum atomic E-state index is -0.193. The van der Waals surface area contributed by atoms with Gasteiger partial charge in [-0.3, -0.25) is 4.90 Å². The molecule has 1 atom stereocenters. The Labute approximate surface area is 103 Å². The van der Waals surface area contributed by atoms with Gasteiger partial charge in [0.2, 0.25) is 0 Å². The van der Waals surface area contributed by atoms with E-state index in [9.17, 15) is 4.39 Å². The average molecular weight is 236 g/mol. The average Bonchev–Trinajstić information content (AvgIpc) is 2.39. The summed E-state index contributed by atoms with van der Waals surface area (Å²) in [5.41, 5.74) is 7.34. The number of benzene rings is 1. The Bertz CT molecular complexity index is 372. The molecule has 2 rings (SSSR count). The Hall–Kier alpha value is -0.930. The number of piperidine rings is 1. The van der Waals surface area contributed by atoms with E-state index in [1.54, 1.807) is 0 Å². The topological polar surface area (TPSA) is 29.3 Å². The Morgan fingerprint density at radius 3 is 2.65 bits per heavy atom. The Kier molecular flexibility index (Phi) is 4.13. The molecule has 1 aromatic carbocycles. The number of rotatable bonds is 3. The quantitative estimate of drug-likeness (QED) is 0.874. The van der Waals surface area contributed by atoms with Crippen LogP contribution in [0.15, 0.2) is 18.2 Å². The van der Waals surface area contributed by atoms with E-state index < -0.39 is 0 Å². The normalized spacial score (nSPS) is 19.2. The van der Waals surface area contributed by atoms with Gasteiger partial charge in [-0.1, -0.05) is 18.6 Å². The molecule has 1 unspecified atom stereocenters. The summed E-state index contributed by atoms with van der Waals surface area (Å²) in [4.78, 5) is 2.47. The van der Waals surface area contributed by atoms with Gasteiger partial charge in [0.05, 0.1) is 0 Å². The minimum Gasteiger partial charge on any atom is -0.326 e. The molecule has 1 saturated heterocycles. The van der Waals surface area contributed by atoms with E-state index in [-0.39, 0.29) is 12.4 Å². The van der Waals surface area contributed by atoms with E-state index in [1.165, 1.54) is 30.9 Å². The van der Waals surface area contributed by atoms with Crippen molar-refractivity contribution >= 4 is 0 Å². The van der Waals surface area contributed by atoms with Gasteiger partial charge in [-0.05, 0) is 44.5 Å². The first-order chi connectivity index (χ1) is 8.22. The van der Waals surface area contributed by atoms with Crippen molar-refractivity contribution in [3.63, 3.8) is 0 Å². The largest absolute Gasteiger partial charge is 0.326 e. The van der Waals surface area contributed by atoms with Gasteiger partial charge >= 0.3 is 0 Å². The van der Waals surface area contributed by atoms with Gasteiger partial charge < -0.3 is 5.73 Å². The molecule has 0 amide bonds. The highest BCUT2D eigenvalue weighted by atomic mass is 19.1. The summed E-state index contributed by atoms with van der Waals surface area (Å²) in [6, 6.07) is 5.70. The summed E-state index contributed by atoms with van der Waals surface area (Å²) in [5, 5.41) is 0. The third-order valence-electron chi connectivity index (χ3n) is 3.71. The van der Waals surface area contributed by atoms with Crippen LogP contribution in [-0.4, -0.2) is 18.0 Å².